The first-order valence-electron chi connectivity index (χ1n) is 10.4. The number of hydrogen-bond donors (Lipinski definition) is 1. The van der Waals surface area contributed by atoms with Crippen LogP contribution in [0, 0.1) is 6.92 Å². The fourth-order valence-corrected chi connectivity index (χ4v) is 4.01. The van der Waals surface area contributed by atoms with Crippen molar-refractivity contribution in [3.63, 3.8) is 0 Å². The lowest BCUT2D eigenvalue weighted by atomic mass is 9.98. The van der Waals surface area contributed by atoms with Gasteiger partial charge in [0.15, 0.2) is 0 Å². The van der Waals surface area contributed by atoms with Crippen molar-refractivity contribution in [2.24, 2.45) is 0 Å². The van der Waals surface area contributed by atoms with Gasteiger partial charge in [-0.3, -0.25) is 4.79 Å². The van der Waals surface area contributed by atoms with Crippen LogP contribution >= 0.6 is 15.9 Å². The number of nitrogens with one attached hydrogen (secondary N) is 1. The number of aryl methyl sites for hydroxylation is 1. The van der Waals surface area contributed by atoms with Crippen molar-refractivity contribution in [1.29, 1.82) is 0 Å². The third kappa shape index (κ3) is 4.78. The second kappa shape index (κ2) is 9.45. The number of hydrogen-bond acceptors (Lipinski definition) is 3. The third-order valence-electron chi connectivity index (χ3n) is 5.20. The zero-order chi connectivity index (χ0) is 22.7. The third-order valence-corrected chi connectivity index (χ3v) is 5.70. The summed E-state index contributed by atoms with van der Waals surface area (Å²) < 4.78 is 12.6. The Morgan fingerprint density at radius 1 is 1.12 bits per heavy atom. The van der Waals surface area contributed by atoms with Crippen LogP contribution in [-0.2, 0) is 4.79 Å². The van der Waals surface area contributed by atoms with Crippen LogP contribution in [0.4, 0.5) is 5.69 Å². The van der Waals surface area contributed by atoms with E-state index in [2.05, 4.69) is 52.4 Å². The van der Waals surface area contributed by atoms with Gasteiger partial charge in [0.05, 0.1) is 12.9 Å². The molecule has 4 nitrogen and oxygen atoms in total. The normalized spacial score (nSPS) is 11.6. The van der Waals surface area contributed by atoms with Gasteiger partial charge in [0, 0.05) is 38.8 Å². The second-order valence-corrected chi connectivity index (χ2v) is 8.54. The number of carbonyl (C=O) groups excluding carboxylic acids is 1. The molecular formula is C27H24BrNO3. The van der Waals surface area contributed by atoms with E-state index in [9.17, 15) is 4.79 Å². The van der Waals surface area contributed by atoms with Crippen LogP contribution in [0.1, 0.15) is 25.0 Å². The van der Waals surface area contributed by atoms with E-state index in [4.69, 9.17) is 9.15 Å². The predicted octanol–water partition coefficient (Wildman–Crippen LogP) is 7.61. The lowest BCUT2D eigenvalue weighted by Gasteiger charge is -2.12. The molecule has 1 N–H and O–H groups in total. The van der Waals surface area contributed by atoms with Gasteiger partial charge in [-0.15, -0.1) is 0 Å². The SMILES string of the molecule is CCOc1cc2occ(-c3ccc(C)cc3)c2cc1/C(C)=C/C(=O)Nc1cccc(Br)c1. The molecule has 0 aliphatic rings. The number of halogens is 1. The first-order chi connectivity index (χ1) is 15.4. The fourth-order valence-electron chi connectivity index (χ4n) is 3.61. The van der Waals surface area contributed by atoms with Crippen molar-refractivity contribution in [2.75, 3.05) is 11.9 Å². The van der Waals surface area contributed by atoms with E-state index in [-0.39, 0.29) is 5.91 Å². The monoisotopic (exact) mass is 489 g/mol. The summed E-state index contributed by atoms with van der Waals surface area (Å²) in [5.74, 6) is 0.489. The number of rotatable bonds is 6. The van der Waals surface area contributed by atoms with Gasteiger partial charge in [-0.2, -0.15) is 0 Å². The average Bonchev–Trinajstić information content (AvgIpc) is 3.16. The number of carbonyl (C=O) groups is 1. The summed E-state index contributed by atoms with van der Waals surface area (Å²) in [6, 6.07) is 19.8. The number of amides is 1. The number of ether oxygens (including phenoxy) is 1. The molecule has 1 amide bonds. The minimum Gasteiger partial charge on any atom is -0.493 e. The second-order valence-electron chi connectivity index (χ2n) is 7.62. The molecule has 0 saturated carbocycles. The van der Waals surface area contributed by atoms with E-state index in [0.717, 1.165) is 43.4 Å². The molecular weight excluding hydrogens is 466 g/mol. The molecule has 1 aromatic heterocycles. The van der Waals surface area contributed by atoms with Crippen LogP contribution in [-0.4, -0.2) is 12.5 Å². The Hall–Kier alpha value is -3.31. The van der Waals surface area contributed by atoms with E-state index >= 15 is 0 Å². The highest BCUT2D eigenvalue weighted by Crippen LogP contribution is 2.37. The van der Waals surface area contributed by atoms with Gasteiger partial charge in [-0.05, 0) is 56.2 Å². The molecule has 0 saturated heterocycles. The molecule has 0 unspecified atom stereocenters. The molecule has 0 spiro atoms. The van der Waals surface area contributed by atoms with E-state index in [0.29, 0.717) is 12.4 Å². The number of allylic oxidation sites excluding steroid dienone is 1. The van der Waals surface area contributed by atoms with Crippen molar-refractivity contribution in [1.82, 2.24) is 0 Å². The van der Waals surface area contributed by atoms with E-state index in [1.807, 2.05) is 50.2 Å². The van der Waals surface area contributed by atoms with Crippen LogP contribution in [0.2, 0.25) is 0 Å². The lowest BCUT2D eigenvalue weighted by molar-refractivity contribution is -0.111. The van der Waals surface area contributed by atoms with Crippen molar-refractivity contribution in [2.45, 2.75) is 20.8 Å². The summed E-state index contributed by atoms with van der Waals surface area (Å²) >= 11 is 3.42. The summed E-state index contributed by atoms with van der Waals surface area (Å²) in [7, 11) is 0. The Morgan fingerprint density at radius 2 is 1.91 bits per heavy atom. The van der Waals surface area contributed by atoms with Crippen LogP contribution < -0.4 is 10.1 Å². The smallest absolute Gasteiger partial charge is 0.248 e. The molecule has 0 atom stereocenters. The maximum atomic E-state index is 12.6. The Kier molecular flexibility index (Phi) is 6.47. The molecule has 162 valence electrons. The molecule has 5 heteroatoms. The van der Waals surface area contributed by atoms with Crippen molar-refractivity contribution < 1.29 is 13.9 Å². The van der Waals surface area contributed by atoms with Gasteiger partial charge in [-0.25, -0.2) is 0 Å². The molecule has 0 radical (unpaired) electrons. The van der Waals surface area contributed by atoms with Crippen molar-refractivity contribution >= 4 is 44.1 Å². The van der Waals surface area contributed by atoms with E-state index < -0.39 is 0 Å². The Balaban J connectivity index is 1.72. The van der Waals surface area contributed by atoms with E-state index in [1.165, 1.54) is 5.56 Å². The lowest BCUT2D eigenvalue weighted by Crippen LogP contribution is -2.08. The van der Waals surface area contributed by atoms with Crippen LogP contribution in [0.25, 0.3) is 27.7 Å². The first kappa shape index (κ1) is 21.9. The van der Waals surface area contributed by atoms with Crippen LogP contribution in [0.15, 0.2) is 81.9 Å². The number of benzene rings is 3. The highest BCUT2D eigenvalue weighted by molar-refractivity contribution is 9.10. The quantitative estimate of drug-likeness (QED) is 0.283. The zero-order valence-corrected chi connectivity index (χ0v) is 19.8. The maximum Gasteiger partial charge on any atom is 0.248 e. The van der Waals surface area contributed by atoms with Gasteiger partial charge in [0.1, 0.15) is 11.3 Å². The molecule has 4 rings (SSSR count). The van der Waals surface area contributed by atoms with Gasteiger partial charge < -0.3 is 14.5 Å². The number of anilines is 1. The molecule has 0 fully saturated rings. The molecule has 0 aliphatic carbocycles. The average molecular weight is 490 g/mol. The largest absolute Gasteiger partial charge is 0.493 e. The molecule has 32 heavy (non-hydrogen) atoms. The summed E-state index contributed by atoms with van der Waals surface area (Å²) in [6.45, 7) is 6.43. The summed E-state index contributed by atoms with van der Waals surface area (Å²) in [6.07, 6.45) is 3.37. The molecule has 4 aromatic rings. The minimum absolute atomic E-state index is 0.200. The topological polar surface area (TPSA) is 51.5 Å². The fraction of sp³-hybridized carbons (Fsp3) is 0.148. The predicted molar refractivity (Wildman–Crippen MR) is 134 cm³/mol. The maximum absolute atomic E-state index is 12.6. The summed E-state index contributed by atoms with van der Waals surface area (Å²) in [4.78, 5) is 12.6. The number of furan rings is 1. The van der Waals surface area contributed by atoms with Crippen molar-refractivity contribution in [3.05, 3.63) is 88.6 Å². The Bertz CT molecular complexity index is 1300. The van der Waals surface area contributed by atoms with Crippen LogP contribution in [0.5, 0.6) is 5.75 Å². The summed E-state index contributed by atoms with van der Waals surface area (Å²) in [5, 5.41) is 3.88. The molecule has 0 bridgehead atoms. The standard InChI is InChI=1S/C27H24BrNO3/c1-4-31-25-15-26-23(24(16-32-26)19-10-8-17(2)9-11-19)14-22(25)18(3)12-27(30)29-21-7-5-6-20(28)13-21/h5-16H,4H2,1-3H3,(H,29,30)/b18-12+. The highest BCUT2D eigenvalue weighted by atomic mass is 79.9. The Labute approximate surface area is 196 Å². The number of fused-ring (bicyclic) bond motifs is 1. The Morgan fingerprint density at radius 3 is 2.62 bits per heavy atom. The zero-order valence-electron chi connectivity index (χ0n) is 18.2. The van der Waals surface area contributed by atoms with E-state index in [1.54, 1.807) is 12.3 Å². The van der Waals surface area contributed by atoms with Gasteiger partial charge in [0.25, 0.3) is 0 Å². The highest BCUT2D eigenvalue weighted by Gasteiger charge is 2.15. The molecule has 0 aliphatic heterocycles. The van der Waals surface area contributed by atoms with Crippen molar-refractivity contribution in [3.8, 4) is 16.9 Å². The first-order valence-corrected chi connectivity index (χ1v) is 11.2. The summed E-state index contributed by atoms with van der Waals surface area (Å²) in [5.41, 5.74) is 6.44. The molecule has 1 heterocycles. The van der Waals surface area contributed by atoms with Gasteiger partial charge >= 0.3 is 0 Å². The van der Waals surface area contributed by atoms with Gasteiger partial charge in [0.2, 0.25) is 5.91 Å². The van der Waals surface area contributed by atoms with Gasteiger partial charge in [-0.1, -0.05) is 51.8 Å². The molecule has 3 aromatic carbocycles. The minimum atomic E-state index is -0.200. The van der Waals surface area contributed by atoms with Crippen LogP contribution in [0.3, 0.4) is 0 Å².